The van der Waals surface area contributed by atoms with E-state index in [0.29, 0.717) is 18.0 Å². The maximum atomic E-state index is 14.8. The lowest BCUT2D eigenvalue weighted by atomic mass is 10.1. The number of nitrogens with two attached hydrogens (primary N) is 1. The number of methoxy groups -OCH3 is 1. The summed E-state index contributed by atoms with van der Waals surface area (Å²) in [7, 11) is 1.49. The first kappa shape index (κ1) is 18.2. The van der Waals surface area contributed by atoms with E-state index in [0.717, 1.165) is 6.07 Å². The first-order valence-electron chi connectivity index (χ1n) is 8.17. The van der Waals surface area contributed by atoms with Gasteiger partial charge in [-0.05, 0) is 25.1 Å². The molecule has 3 aromatic rings. The van der Waals surface area contributed by atoms with Gasteiger partial charge in [-0.2, -0.15) is 0 Å². The van der Waals surface area contributed by atoms with Crippen LogP contribution in [0.15, 0.2) is 41.3 Å². The Morgan fingerprint density at radius 3 is 2.70 bits per heavy atom. The van der Waals surface area contributed by atoms with Crippen LogP contribution in [0.4, 0.5) is 21.5 Å². The zero-order valence-corrected chi connectivity index (χ0v) is 14.7. The normalized spacial score (nSPS) is 10.8. The Morgan fingerprint density at radius 2 is 2.07 bits per heavy atom. The topological polar surface area (TPSA) is 107 Å². The third-order valence-electron chi connectivity index (χ3n) is 4.29. The van der Waals surface area contributed by atoms with E-state index in [9.17, 15) is 19.1 Å². The number of ether oxygens (including phenoxy) is 1. The van der Waals surface area contributed by atoms with Crippen molar-refractivity contribution in [3.63, 3.8) is 0 Å². The molecule has 0 atom stereocenters. The summed E-state index contributed by atoms with van der Waals surface area (Å²) >= 11 is 0. The summed E-state index contributed by atoms with van der Waals surface area (Å²) in [5.74, 6) is -1.65. The molecule has 0 radical (unpaired) electrons. The van der Waals surface area contributed by atoms with Gasteiger partial charge in [-0.3, -0.25) is 4.79 Å². The number of nitrogen functional groups attached to an aromatic ring is 1. The minimum absolute atomic E-state index is 0.00629. The number of nitrogens with one attached hydrogen (secondary N) is 1. The summed E-state index contributed by atoms with van der Waals surface area (Å²) < 4.78 is 21.5. The summed E-state index contributed by atoms with van der Waals surface area (Å²) in [6.45, 7) is 2.12. The van der Waals surface area contributed by atoms with Crippen molar-refractivity contribution < 1.29 is 19.0 Å². The van der Waals surface area contributed by atoms with Gasteiger partial charge in [-0.15, -0.1) is 0 Å². The number of fused-ring (bicyclic) bond motifs is 1. The average molecular weight is 371 g/mol. The van der Waals surface area contributed by atoms with Gasteiger partial charge in [0.25, 0.3) is 0 Å². The minimum Gasteiger partial charge on any atom is -0.495 e. The Morgan fingerprint density at radius 1 is 1.37 bits per heavy atom. The molecule has 1 heterocycles. The van der Waals surface area contributed by atoms with Gasteiger partial charge >= 0.3 is 5.97 Å². The average Bonchev–Trinajstić information content (AvgIpc) is 2.65. The summed E-state index contributed by atoms with van der Waals surface area (Å²) in [5.41, 5.74) is 5.72. The largest absolute Gasteiger partial charge is 0.495 e. The maximum Gasteiger partial charge on any atom is 0.341 e. The SMILES string of the molecule is CCn1cc(C(=O)O)c(=O)c2cc(F)c(Nc3ccccc3OC)c(N)c21. The fraction of sp³-hybridized carbons (Fsp3) is 0.158. The van der Waals surface area contributed by atoms with E-state index in [1.165, 1.54) is 17.9 Å². The fourth-order valence-corrected chi connectivity index (χ4v) is 2.98. The molecule has 0 fully saturated rings. The molecular weight excluding hydrogens is 353 g/mol. The van der Waals surface area contributed by atoms with Crippen molar-refractivity contribution in [3.8, 4) is 5.75 Å². The molecule has 0 amide bonds. The number of halogens is 1. The number of rotatable bonds is 5. The van der Waals surface area contributed by atoms with Crippen molar-refractivity contribution in [2.75, 3.05) is 18.2 Å². The molecular formula is C19H18FN3O4. The summed E-state index contributed by atoms with van der Waals surface area (Å²) in [6, 6.07) is 7.93. The van der Waals surface area contributed by atoms with Crippen LogP contribution in [0, 0.1) is 5.82 Å². The number of aromatic carboxylic acids is 1. The van der Waals surface area contributed by atoms with E-state index in [1.54, 1.807) is 31.2 Å². The highest BCUT2D eigenvalue weighted by molar-refractivity contribution is 6.01. The second kappa shape index (κ2) is 6.99. The van der Waals surface area contributed by atoms with E-state index < -0.39 is 22.8 Å². The van der Waals surface area contributed by atoms with E-state index >= 15 is 0 Å². The number of anilines is 3. The molecule has 0 aliphatic rings. The second-order valence-corrected chi connectivity index (χ2v) is 5.83. The van der Waals surface area contributed by atoms with E-state index in [4.69, 9.17) is 10.5 Å². The highest BCUT2D eigenvalue weighted by atomic mass is 19.1. The minimum atomic E-state index is -1.38. The Balaban J connectivity index is 2.29. The molecule has 8 heteroatoms. The van der Waals surface area contributed by atoms with Crippen LogP contribution < -0.4 is 21.2 Å². The zero-order chi connectivity index (χ0) is 19.7. The van der Waals surface area contributed by atoms with E-state index in [2.05, 4.69) is 5.32 Å². The van der Waals surface area contributed by atoms with Gasteiger partial charge in [0, 0.05) is 12.7 Å². The second-order valence-electron chi connectivity index (χ2n) is 5.83. The Kier molecular flexibility index (Phi) is 4.72. The molecule has 7 nitrogen and oxygen atoms in total. The summed E-state index contributed by atoms with van der Waals surface area (Å²) in [6.07, 6.45) is 1.22. The predicted octanol–water partition coefficient (Wildman–Crippen LogP) is 3.19. The third-order valence-corrected chi connectivity index (χ3v) is 4.29. The lowest BCUT2D eigenvalue weighted by Gasteiger charge is -2.18. The van der Waals surface area contributed by atoms with Gasteiger partial charge in [0.2, 0.25) is 5.43 Å². The van der Waals surface area contributed by atoms with Crippen LogP contribution in [-0.2, 0) is 6.54 Å². The molecule has 3 rings (SSSR count). The van der Waals surface area contributed by atoms with Crippen LogP contribution in [0.1, 0.15) is 17.3 Å². The van der Waals surface area contributed by atoms with Crippen LogP contribution in [0.3, 0.4) is 0 Å². The highest BCUT2D eigenvalue weighted by Gasteiger charge is 2.20. The lowest BCUT2D eigenvalue weighted by molar-refractivity contribution is 0.0695. The Labute approximate surface area is 153 Å². The van der Waals surface area contributed by atoms with Gasteiger partial charge in [0.05, 0.1) is 29.4 Å². The molecule has 140 valence electrons. The van der Waals surface area contributed by atoms with Crippen LogP contribution in [0.5, 0.6) is 5.75 Å². The third kappa shape index (κ3) is 3.05. The van der Waals surface area contributed by atoms with Crippen molar-refractivity contribution in [1.29, 1.82) is 0 Å². The fourth-order valence-electron chi connectivity index (χ4n) is 2.98. The van der Waals surface area contributed by atoms with Gasteiger partial charge < -0.3 is 25.5 Å². The van der Waals surface area contributed by atoms with Crippen molar-refractivity contribution in [2.45, 2.75) is 13.5 Å². The molecule has 0 saturated carbocycles. The molecule has 4 N–H and O–H groups in total. The van der Waals surface area contributed by atoms with Crippen LogP contribution in [-0.4, -0.2) is 22.8 Å². The number of para-hydroxylation sites is 2. The van der Waals surface area contributed by atoms with Crippen molar-refractivity contribution >= 4 is 33.9 Å². The molecule has 0 spiro atoms. The Bertz CT molecular complexity index is 1110. The summed E-state index contributed by atoms with van der Waals surface area (Å²) in [5, 5.41) is 12.0. The van der Waals surface area contributed by atoms with E-state index in [-0.39, 0.29) is 22.3 Å². The predicted molar refractivity (Wildman–Crippen MR) is 101 cm³/mol. The van der Waals surface area contributed by atoms with Crippen molar-refractivity contribution in [1.82, 2.24) is 4.57 Å². The van der Waals surface area contributed by atoms with Crippen LogP contribution >= 0.6 is 0 Å². The first-order chi connectivity index (χ1) is 12.9. The molecule has 0 bridgehead atoms. The number of aromatic nitrogens is 1. The zero-order valence-electron chi connectivity index (χ0n) is 14.7. The standard InChI is InChI=1S/C19H18FN3O4/c1-3-23-9-11(19(25)26)18(24)10-8-12(20)16(15(21)17(10)23)22-13-6-4-5-7-14(13)27-2/h4-9,22H,3,21H2,1-2H3,(H,25,26). The lowest BCUT2D eigenvalue weighted by Crippen LogP contribution is -2.20. The molecule has 0 unspecified atom stereocenters. The van der Waals surface area contributed by atoms with Gasteiger partial charge in [0.15, 0.2) is 0 Å². The molecule has 0 aliphatic carbocycles. The molecule has 2 aromatic carbocycles. The smallest absolute Gasteiger partial charge is 0.341 e. The van der Waals surface area contributed by atoms with E-state index in [1.807, 2.05) is 0 Å². The quantitative estimate of drug-likeness (QED) is 0.595. The maximum absolute atomic E-state index is 14.8. The number of carbonyl (C=O) groups is 1. The number of nitrogens with zero attached hydrogens (tertiary/aromatic N) is 1. The number of pyridine rings is 1. The number of hydrogen-bond acceptors (Lipinski definition) is 5. The molecule has 0 saturated heterocycles. The molecule has 0 aliphatic heterocycles. The van der Waals surface area contributed by atoms with Crippen LogP contribution in [0.2, 0.25) is 0 Å². The monoisotopic (exact) mass is 371 g/mol. The first-order valence-corrected chi connectivity index (χ1v) is 8.17. The van der Waals surface area contributed by atoms with Gasteiger partial charge in [-0.1, -0.05) is 12.1 Å². The van der Waals surface area contributed by atoms with Crippen LogP contribution in [0.25, 0.3) is 10.9 Å². The van der Waals surface area contributed by atoms with Crippen molar-refractivity contribution in [3.05, 3.63) is 58.1 Å². The Hall–Kier alpha value is -3.55. The highest BCUT2D eigenvalue weighted by Crippen LogP contribution is 2.35. The molecule has 1 aromatic heterocycles. The number of carboxylic acids is 1. The summed E-state index contributed by atoms with van der Waals surface area (Å²) in [4.78, 5) is 23.8. The van der Waals surface area contributed by atoms with Gasteiger partial charge in [0.1, 0.15) is 22.8 Å². The number of aryl methyl sites for hydroxylation is 1. The van der Waals surface area contributed by atoms with Gasteiger partial charge in [-0.25, -0.2) is 9.18 Å². The van der Waals surface area contributed by atoms with Crippen molar-refractivity contribution in [2.24, 2.45) is 0 Å². The number of benzene rings is 2. The number of carboxylic acid groups (broad SMARTS) is 1. The number of hydrogen-bond donors (Lipinski definition) is 3. The molecule has 27 heavy (non-hydrogen) atoms.